The first kappa shape index (κ1) is 24.9. The third kappa shape index (κ3) is 6.80. The second-order valence-electron chi connectivity index (χ2n) is 6.65. The lowest BCUT2D eigenvalue weighted by molar-refractivity contribution is -0.126. The molecule has 1 aliphatic heterocycles. The standard InChI is InChI=1S/C18H22F6N4O3/c19-14(20)7-27(8-15(21)22)13(6-25)18(30)26-10-1-2-12(11(5-10)17(23)24)28-3-4-31-9-16(28)29/h1-2,5,13-15,17H,3-4,6-9,25H2,(H,26,30)/t13-/m1/s1. The fraction of sp³-hybridized carbons (Fsp3) is 0.556. The summed E-state index contributed by atoms with van der Waals surface area (Å²) in [4.78, 5) is 26.1. The SMILES string of the molecule is NC[C@H](C(=O)Nc1ccc(N2CCOCC2=O)c(C(F)F)c1)N(CC(F)F)CC(F)F. The number of nitrogens with two attached hydrogens (primary N) is 1. The number of amides is 2. The van der Waals surface area contributed by atoms with Crippen molar-refractivity contribution in [3.63, 3.8) is 0 Å². The Morgan fingerprint density at radius 3 is 2.32 bits per heavy atom. The number of hydrogen-bond acceptors (Lipinski definition) is 5. The highest BCUT2D eigenvalue weighted by Gasteiger charge is 2.30. The van der Waals surface area contributed by atoms with Crippen LogP contribution in [0.2, 0.25) is 0 Å². The lowest BCUT2D eigenvalue weighted by Gasteiger charge is -2.30. The van der Waals surface area contributed by atoms with Gasteiger partial charge in [-0.1, -0.05) is 0 Å². The van der Waals surface area contributed by atoms with Crippen LogP contribution in [0, 0.1) is 0 Å². The smallest absolute Gasteiger partial charge is 0.265 e. The van der Waals surface area contributed by atoms with Gasteiger partial charge in [-0.15, -0.1) is 0 Å². The molecule has 31 heavy (non-hydrogen) atoms. The Morgan fingerprint density at radius 1 is 1.16 bits per heavy atom. The largest absolute Gasteiger partial charge is 0.370 e. The monoisotopic (exact) mass is 456 g/mol. The molecule has 1 aromatic rings. The third-order valence-corrected chi connectivity index (χ3v) is 4.52. The Morgan fingerprint density at radius 2 is 1.81 bits per heavy atom. The molecule has 1 heterocycles. The zero-order chi connectivity index (χ0) is 23.1. The van der Waals surface area contributed by atoms with Gasteiger partial charge in [0.25, 0.3) is 25.2 Å². The second-order valence-corrected chi connectivity index (χ2v) is 6.65. The van der Waals surface area contributed by atoms with Crippen LogP contribution < -0.4 is 16.0 Å². The van der Waals surface area contributed by atoms with Crippen LogP contribution in [-0.2, 0) is 14.3 Å². The van der Waals surface area contributed by atoms with E-state index in [2.05, 4.69) is 5.32 Å². The van der Waals surface area contributed by atoms with E-state index in [4.69, 9.17) is 10.5 Å². The zero-order valence-electron chi connectivity index (χ0n) is 16.2. The van der Waals surface area contributed by atoms with E-state index in [1.807, 2.05) is 0 Å². The van der Waals surface area contributed by atoms with Gasteiger partial charge in [0.1, 0.15) is 12.6 Å². The van der Waals surface area contributed by atoms with Gasteiger partial charge in [0.05, 0.1) is 25.4 Å². The molecule has 0 aliphatic carbocycles. The zero-order valence-corrected chi connectivity index (χ0v) is 16.2. The fourth-order valence-corrected chi connectivity index (χ4v) is 3.16. The van der Waals surface area contributed by atoms with Gasteiger partial charge in [-0.25, -0.2) is 26.3 Å². The van der Waals surface area contributed by atoms with E-state index in [-0.39, 0.29) is 31.1 Å². The minimum atomic E-state index is -3.00. The van der Waals surface area contributed by atoms with Crippen molar-refractivity contribution in [2.24, 2.45) is 5.73 Å². The minimum Gasteiger partial charge on any atom is -0.370 e. The average molecular weight is 456 g/mol. The molecule has 1 aromatic carbocycles. The molecule has 13 heteroatoms. The molecule has 0 aromatic heterocycles. The van der Waals surface area contributed by atoms with Gasteiger partial charge in [-0.05, 0) is 18.2 Å². The molecule has 174 valence electrons. The van der Waals surface area contributed by atoms with E-state index >= 15 is 0 Å². The Bertz CT molecular complexity index is 758. The molecule has 2 rings (SSSR count). The number of morpholine rings is 1. The van der Waals surface area contributed by atoms with E-state index < -0.39 is 62.3 Å². The number of anilines is 2. The molecule has 1 fully saturated rings. The summed E-state index contributed by atoms with van der Waals surface area (Å²) in [7, 11) is 0. The molecule has 0 spiro atoms. The highest BCUT2D eigenvalue weighted by atomic mass is 19.3. The number of rotatable bonds is 10. The van der Waals surface area contributed by atoms with E-state index in [1.165, 1.54) is 12.1 Å². The maximum absolute atomic E-state index is 13.6. The molecule has 0 unspecified atom stereocenters. The summed E-state index contributed by atoms with van der Waals surface area (Å²) in [5.41, 5.74) is 4.69. The lowest BCUT2D eigenvalue weighted by Crippen LogP contribution is -2.51. The summed E-state index contributed by atoms with van der Waals surface area (Å²) in [6, 6.07) is 1.84. The third-order valence-electron chi connectivity index (χ3n) is 4.52. The number of hydrogen-bond donors (Lipinski definition) is 2. The number of carbonyl (C=O) groups is 2. The van der Waals surface area contributed by atoms with Crippen LogP contribution in [0.4, 0.5) is 37.7 Å². The molecule has 0 radical (unpaired) electrons. The lowest BCUT2D eigenvalue weighted by atomic mass is 10.1. The molecule has 2 amide bonds. The number of halogens is 6. The molecule has 7 nitrogen and oxygen atoms in total. The first-order valence-electron chi connectivity index (χ1n) is 9.25. The van der Waals surface area contributed by atoms with Gasteiger partial charge in [-0.3, -0.25) is 14.5 Å². The molecular formula is C18H22F6N4O3. The van der Waals surface area contributed by atoms with Crippen molar-refractivity contribution < 1.29 is 40.7 Å². The van der Waals surface area contributed by atoms with E-state index in [9.17, 15) is 35.9 Å². The number of alkyl halides is 6. The van der Waals surface area contributed by atoms with Gasteiger partial charge in [0.15, 0.2) is 0 Å². The molecular weight excluding hydrogens is 434 g/mol. The van der Waals surface area contributed by atoms with Crippen molar-refractivity contribution in [3.05, 3.63) is 23.8 Å². The van der Waals surface area contributed by atoms with Gasteiger partial charge < -0.3 is 20.7 Å². The van der Waals surface area contributed by atoms with E-state index in [0.717, 1.165) is 11.0 Å². The Hall–Kier alpha value is -2.38. The minimum absolute atomic E-state index is 0.0614. The summed E-state index contributed by atoms with van der Waals surface area (Å²) < 4.78 is 83.1. The van der Waals surface area contributed by atoms with Crippen LogP contribution in [0.3, 0.4) is 0 Å². The Labute approximate surface area is 174 Å². The molecule has 0 bridgehead atoms. The van der Waals surface area contributed by atoms with Crippen molar-refractivity contribution in [1.29, 1.82) is 0 Å². The first-order valence-corrected chi connectivity index (χ1v) is 9.25. The summed E-state index contributed by atoms with van der Waals surface area (Å²) in [5.74, 6) is -1.51. The second kappa shape index (κ2) is 11.3. The molecule has 3 N–H and O–H groups in total. The van der Waals surface area contributed by atoms with Crippen molar-refractivity contribution in [3.8, 4) is 0 Å². The van der Waals surface area contributed by atoms with E-state index in [0.29, 0.717) is 4.90 Å². The predicted molar refractivity (Wildman–Crippen MR) is 99.6 cm³/mol. The number of nitrogens with one attached hydrogen (secondary N) is 1. The highest BCUT2D eigenvalue weighted by Crippen LogP contribution is 2.33. The van der Waals surface area contributed by atoms with Crippen LogP contribution in [0.15, 0.2) is 18.2 Å². The topological polar surface area (TPSA) is 87.9 Å². The maximum atomic E-state index is 13.6. The van der Waals surface area contributed by atoms with E-state index in [1.54, 1.807) is 0 Å². The van der Waals surface area contributed by atoms with Gasteiger partial charge in [0, 0.05) is 24.3 Å². The van der Waals surface area contributed by atoms with Crippen LogP contribution in [0.5, 0.6) is 0 Å². The molecule has 0 saturated carbocycles. The maximum Gasteiger partial charge on any atom is 0.265 e. The summed E-state index contributed by atoms with van der Waals surface area (Å²) in [5, 5.41) is 2.24. The van der Waals surface area contributed by atoms with Gasteiger partial charge in [-0.2, -0.15) is 0 Å². The molecule has 1 aliphatic rings. The van der Waals surface area contributed by atoms with Crippen LogP contribution >= 0.6 is 0 Å². The van der Waals surface area contributed by atoms with Crippen LogP contribution in [0.1, 0.15) is 12.0 Å². The quantitative estimate of drug-likeness (QED) is 0.527. The van der Waals surface area contributed by atoms with Crippen molar-refractivity contribution >= 4 is 23.2 Å². The number of ether oxygens (including phenoxy) is 1. The molecule has 1 saturated heterocycles. The summed E-state index contributed by atoms with van der Waals surface area (Å²) >= 11 is 0. The van der Waals surface area contributed by atoms with Crippen LogP contribution in [0.25, 0.3) is 0 Å². The fourth-order valence-electron chi connectivity index (χ4n) is 3.16. The van der Waals surface area contributed by atoms with Gasteiger partial charge >= 0.3 is 0 Å². The number of benzene rings is 1. The Balaban J connectivity index is 2.24. The van der Waals surface area contributed by atoms with Crippen molar-refractivity contribution in [2.45, 2.75) is 25.3 Å². The molecule has 1 atom stereocenters. The van der Waals surface area contributed by atoms with Crippen molar-refractivity contribution in [1.82, 2.24) is 4.90 Å². The van der Waals surface area contributed by atoms with Gasteiger partial charge in [0.2, 0.25) is 5.91 Å². The summed E-state index contributed by atoms with van der Waals surface area (Å²) in [6.45, 7) is -2.80. The van der Waals surface area contributed by atoms with Crippen LogP contribution in [-0.4, -0.2) is 75.0 Å². The number of carbonyl (C=O) groups excluding carboxylic acids is 2. The predicted octanol–water partition coefficient (Wildman–Crippen LogP) is 2.09. The first-order chi connectivity index (χ1) is 14.6. The average Bonchev–Trinajstić information content (AvgIpc) is 2.68. The normalized spacial score (nSPS) is 16.0. The highest BCUT2D eigenvalue weighted by molar-refractivity contribution is 5.97. The van der Waals surface area contributed by atoms with Crippen molar-refractivity contribution in [2.75, 3.05) is 49.6 Å². The number of nitrogens with zero attached hydrogens (tertiary/aromatic N) is 2. The Kier molecular flexibility index (Phi) is 9.07. The summed E-state index contributed by atoms with van der Waals surface area (Å²) in [6.07, 6.45) is -8.98.